The highest BCUT2D eigenvalue weighted by molar-refractivity contribution is 7.89. The quantitative estimate of drug-likeness (QED) is 0.594. The van der Waals surface area contributed by atoms with Gasteiger partial charge in [-0.25, -0.2) is 17.9 Å². The van der Waals surface area contributed by atoms with Crippen LogP contribution in [-0.2, 0) is 19.6 Å². The molecule has 0 heterocycles. The normalized spacial score (nSPS) is 11.2. The molecule has 2 aromatic carbocycles. The van der Waals surface area contributed by atoms with Crippen molar-refractivity contribution in [2.24, 2.45) is 0 Å². The summed E-state index contributed by atoms with van der Waals surface area (Å²) in [5.41, 5.74) is 0.247. The van der Waals surface area contributed by atoms with Crippen LogP contribution < -0.4 is 14.8 Å². The summed E-state index contributed by atoms with van der Waals surface area (Å²) in [7, 11) is -3.74. The van der Waals surface area contributed by atoms with Crippen molar-refractivity contribution in [1.82, 2.24) is 4.72 Å². The highest BCUT2D eigenvalue weighted by atomic mass is 32.2. The Morgan fingerprint density at radius 2 is 1.79 bits per heavy atom. The maximum Gasteiger partial charge on any atom is 0.387 e. The van der Waals surface area contributed by atoms with Crippen molar-refractivity contribution in [3.8, 4) is 5.75 Å². The van der Waals surface area contributed by atoms with Crippen LogP contribution in [0.4, 0.5) is 14.5 Å². The predicted molar refractivity (Wildman–Crippen MR) is 99.3 cm³/mol. The Kier molecular flexibility index (Phi) is 7.62. The van der Waals surface area contributed by atoms with E-state index in [0.29, 0.717) is 0 Å². The molecule has 29 heavy (non-hydrogen) atoms. The number of anilines is 1. The van der Waals surface area contributed by atoms with E-state index in [9.17, 15) is 26.8 Å². The first kappa shape index (κ1) is 22.2. The number of amides is 1. The summed E-state index contributed by atoms with van der Waals surface area (Å²) in [6.07, 6.45) is 0. The molecule has 1 amide bonds. The van der Waals surface area contributed by atoms with Gasteiger partial charge in [0.15, 0.2) is 6.61 Å². The number of sulfonamides is 1. The fourth-order valence-electron chi connectivity index (χ4n) is 2.19. The standard InChI is InChI=1S/C18H18F2N2O6S/c1-2-21-29(25,26)15-5-3-4-12(10-15)17(24)27-11-16(23)22-13-6-8-14(9-7-13)28-18(19)20/h3-10,18,21H,2,11H2,1H3,(H,22,23). The number of alkyl halides is 2. The van der Waals surface area contributed by atoms with Crippen LogP contribution in [0.2, 0.25) is 0 Å². The molecule has 0 atom stereocenters. The number of hydrogen-bond acceptors (Lipinski definition) is 6. The predicted octanol–water partition coefficient (Wildman–Crippen LogP) is 2.38. The third-order valence-electron chi connectivity index (χ3n) is 3.41. The molecule has 0 radical (unpaired) electrons. The maximum absolute atomic E-state index is 12.1. The molecule has 156 valence electrons. The number of rotatable bonds is 9. The number of hydrogen-bond donors (Lipinski definition) is 2. The molecule has 0 fully saturated rings. The first-order valence-electron chi connectivity index (χ1n) is 8.33. The second kappa shape index (κ2) is 9.94. The Balaban J connectivity index is 1.92. The van der Waals surface area contributed by atoms with Crippen molar-refractivity contribution in [1.29, 1.82) is 0 Å². The Morgan fingerprint density at radius 3 is 2.41 bits per heavy atom. The lowest BCUT2D eigenvalue weighted by atomic mass is 10.2. The summed E-state index contributed by atoms with van der Waals surface area (Å²) in [5.74, 6) is -1.62. The number of esters is 1. The maximum atomic E-state index is 12.1. The van der Waals surface area contributed by atoms with Gasteiger partial charge in [0.25, 0.3) is 5.91 Å². The van der Waals surface area contributed by atoms with Crippen molar-refractivity contribution in [3.05, 3.63) is 54.1 Å². The Labute approximate surface area is 165 Å². The summed E-state index contributed by atoms with van der Waals surface area (Å²) in [6.45, 7) is -1.78. The van der Waals surface area contributed by atoms with Crippen molar-refractivity contribution in [2.45, 2.75) is 18.4 Å². The molecule has 0 aliphatic carbocycles. The average molecular weight is 428 g/mol. The van der Waals surface area contributed by atoms with Gasteiger partial charge in [0.2, 0.25) is 10.0 Å². The van der Waals surface area contributed by atoms with Gasteiger partial charge in [0, 0.05) is 12.2 Å². The number of carbonyl (C=O) groups excluding carboxylic acids is 2. The molecule has 0 aromatic heterocycles. The van der Waals surface area contributed by atoms with E-state index in [4.69, 9.17) is 4.74 Å². The molecular weight excluding hydrogens is 410 g/mol. The van der Waals surface area contributed by atoms with Crippen LogP contribution in [0.5, 0.6) is 5.75 Å². The number of nitrogens with one attached hydrogen (secondary N) is 2. The van der Waals surface area contributed by atoms with Crippen molar-refractivity contribution >= 4 is 27.6 Å². The highest BCUT2D eigenvalue weighted by Gasteiger charge is 2.16. The molecule has 0 spiro atoms. The van der Waals surface area contributed by atoms with E-state index in [1.165, 1.54) is 42.5 Å². The third-order valence-corrected chi connectivity index (χ3v) is 4.96. The molecule has 0 aliphatic heterocycles. The van der Waals surface area contributed by atoms with Crippen LogP contribution in [0.25, 0.3) is 0 Å². The molecule has 2 N–H and O–H groups in total. The molecule has 0 bridgehead atoms. The SMILES string of the molecule is CCNS(=O)(=O)c1cccc(C(=O)OCC(=O)Nc2ccc(OC(F)F)cc2)c1. The Hall–Kier alpha value is -3.05. The van der Waals surface area contributed by atoms with Gasteiger partial charge in [-0.05, 0) is 42.5 Å². The summed E-state index contributed by atoms with van der Waals surface area (Å²) in [6, 6.07) is 10.4. The minimum atomic E-state index is -3.74. The topological polar surface area (TPSA) is 111 Å². The van der Waals surface area contributed by atoms with E-state index in [-0.39, 0.29) is 28.4 Å². The molecule has 11 heteroatoms. The van der Waals surface area contributed by atoms with Crippen LogP contribution in [0.1, 0.15) is 17.3 Å². The zero-order valence-electron chi connectivity index (χ0n) is 15.2. The van der Waals surface area contributed by atoms with Gasteiger partial charge in [-0.15, -0.1) is 0 Å². The van der Waals surface area contributed by atoms with Gasteiger partial charge in [0.1, 0.15) is 5.75 Å². The average Bonchev–Trinajstić information content (AvgIpc) is 2.67. The van der Waals surface area contributed by atoms with Crippen molar-refractivity contribution in [2.75, 3.05) is 18.5 Å². The van der Waals surface area contributed by atoms with Crippen LogP contribution in [-0.4, -0.2) is 40.1 Å². The van der Waals surface area contributed by atoms with Crippen molar-refractivity contribution in [3.63, 3.8) is 0 Å². The monoisotopic (exact) mass is 428 g/mol. The van der Waals surface area contributed by atoms with E-state index in [0.717, 1.165) is 6.07 Å². The lowest BCUT2D eigenvalue weighted by molar-refractivity contribution is -0.119. The van der Waals surface area contributed by atoms with Gasteiger partial charge in [0.05, 0.1) is 10.5 Å². The molecule has 2 rings (SSSR count). The number of halogens is 2. The summed E-state index contributed by atoms with van der Waals surface area (Å²) in [4.78, 5) is 23.9. The molecular formula is C18H18F2N2O6S. The number of carbonyl (C=O) groups is 2. The zero-order valence-corrected chi connectivity index (χ0v) is 16.0. The third kappa shape index (κ3) is 6.80. The largest absolute Gasteiger partial charge is 0.452 e. The molecule has 8 nitrogen and oxygen atoms in total. The first-order valence-corrected chi connectivity index (χ1v) is 9.81. The highest BCUT2D eigenvalue weighted by Crippen LogP contribution is 2.18. The molecule has 0 saturated heterocycles. The van der Waals surface area contributed by atoms with Crippen LogP contribution in [0, 0.1) is 0 Å². The van der Waals surface area contributed by atoms with Gasteiger partial charge in [-0.1, -0.05) is 13.0 Å². The van der Waals surface area contributed by atoms with E-state index in [1.54, 1.807) is 6.92 Å². The summed E-state index contributed by atoms with van der Waals surface area (Å²) < 4.78 is 59.5. The summed E-state index contributed by atoms with van der Waals surface area (Å²) >= 11 is 0. The van der Waals surface area contributed by atoms with Gasteiger partial charge >= 0.3 is 12.6 Å². The Morgan fingerprint density at radius 1 is 1.10 bits per heavy atom. The van der Waals surface area contributed by atoms with E-state index in [1.807, 2.05) is 0 Å². The van der Waals surface area contributed by atoms with Gasteiger partial charge in [-0.2, -0.15) is 8.78 Å². The fraction of sp³-hybridized carbons (Fsp3) is 0.222. The molecule has 0 aliphatic rings. The van der Waals surface area contributed by atoms with Crippen LogP contribution in [0.15, 0.2) is 53.4 Å². The second-order valence-corrected chi connectivity index (χ2v) is 7.32. The van der Waals surface area contributed by atoms with Crippen molar-refractivity contribution < 1.29 is 36.3 Å². The Bertz CT molecular complexity index is 965. The second-order valence-electron chi connectivity index (χ2n) is 5.56. The zero-order chi connectivity index (χ0) is 21.4. The molecule has 0 saturated carbocycles. The number of ether oxygens (including phenoxy) is 2. The van der Waals surface area contributed by atoms with Crippen LogP contribution in [0.3, 0.4) is 0 Å². The number of benzene rings is 2. The fourth-order valence-corrected chi connectivity index (χ4v) is 3.28. The van der Waals surface area contributed by atoms with E-state index >= 15 is 0 Å². The molecule has 0 unspecified atom stereocenters. The minimum Gasteiger partial charge on any atom is -0.452 e. The molecule has 2 aromatic rings. The lowest BCUT2D eigenvalue weighted by Crippen LogP contribution is -2.24. The van der Waals surface area contributed by atoms with Gasteiger partial charge in [-0.3, -0.25) is 4.79 Å². The van der Waals surface area contributed by atoms with E-state index < -0.39 is 35.1 Å². The minimum absolute atomic E-state index is 0.0368. The summed E-state index contributed by atoms with van der Waals surface area (Å²) in [5, 5.41) is 2.42. The van der Waals surface area contributed by atoms with Gasteiger partial charge < -0.3 is 14.8 Å². The lowest BCUT2D eigenvalue weighted by Gasteiger charge is -2.09. The van der Waals surface area contributed by atoms with E-state index in [2.05, 4.69) is 14.8 Å². The first-order chi connectivity index (χ1) is 13.7. The smallest absolute Gasteiger partial charge is 0.387 e. The van der Waals surface area contributed by atoms with Crippen LogP contribution >= 0.6 is 0 Å².